The molecule has 3 heteroatoms. The summed E-state index contributed by atoms with van der Waals surface area (Å²) >= 11 is 0. The second-order valence-corrected chi connectivity index (χ2v) is 4.59. The van der Waals surface area contributed by atoms with Crippen LogP contribution < -0.4 is 5.32 Å². The van der Waals surface area contributed by atoms with Gasteiger partial charge in [0.25, 0.3) is 0 Å². The standard InChI is InChI=1S/C12H24N2O/c1-4-6-10(3)9-14-8-7-13-11(5-2)12(14)15/h10-11,13H,4-9H2,1-3H3. The molecule has 3 nitrogen and oxygen atoms in total. The van der Waals surface area contributed by atoms with Crippen LogP contribution in [0.25, 0.3) is 0 Å². The van der Waals surface area contributed by atoms with E-state index in [0.717, 1.165) is 26.1 Å². The van der Waals surface area contributed by atoms with Crippen molar-refractivity contribution in [3.8, 4) is 0 Å². The summed E-state index contributed by atoms with van der Waals surface area (Å²) in [5, 5.41) is 3.26. The molecule has 0 aromatic carbocycles. The first-order valence-electron chi connectivity index (χ1n) is 6.21. The Morgan fingerprint density at radius 3 is 2.87 bits per heavy atom. The Bertz CT molecular complexity index is 206. The van der Waals surface area contributed by atoms with Gasteiger partial charge < -0.3 is 10.2 Å². The number of piperazine rings is 1. The van der Waals surface area contributed by atoms with E-state index < -0.39 is 0 Å². The van der Waals surface area contributed by atoms with Crippen molar-refractivity contribution in [2.45, 2.75) is 46.1 Å². The molecule has 0 aromatic heterocycles. The molecule has 1 aliphatic rings. The molecule has 0 spiro atoms. The molecule has 88 valence electrons. The Balaban J connectivity index is 2.43. The molecule has 1 amide bonds. The van der Waals surface area contributed by atoms with Crippen LogP contribution in [0.5, 0.6) is 0 Å². The molecule has 0 aliphatic carbocycles. The predicted molar refractivity (Wildman–Crippen MR) is 62.7 cm³/mol. The molecule has 1 rings (SSSR count). The van der Waals surface area contributed by atoms with Crippen molar-refractivity contribution < 1.29 is 4.79 Å². The molecule has 1 fully saturated rings. The summed E-state index contributed by atoms with van der Waals surface area (Å²) in [5.41, 5.74) is 0. The number of rotatable bonds is 5. The van der Waals surface area contributed by atoms with Gasteiger partial charge in [-0.2, -0.15) is 0 Å². The van der Waals surface area contributed by atoms with Crippen molar-refractivity contribution in [3.63, 3.8) is 0 Å². The van der Waals surface area contributed by atoms with E-state index in [-0.39, 0.29) is 6.04 Å². The average molecular weight is 212 g/mol. The minimum absolute atomic E-state index is 0.0626. The van der Waals surface area contributed by atoms with Gasteiger partial charge in [0.1, 0.15) is 0 Å². The van der Waals surface area contributed by atoms with E-state index in [1.165, 1.54) is 12.8 Å². The number of nitrogens with one attached hydrogen (secondary N) is 1. The van der Waals surface area contributed by atoms with Crippen LogP contribution in [0.4, 0.5) is 0 Å². The molecule has 0 saturated carbocycles. The maximum atomic E-state index is 12.0. The normalized spacial score (nSPS) is 24.3. The summed E-state index contributed by atoms with van der Waals surface area (Å²) in [6.07, 6.45) is 3.32. The van der Waals surface area contributed by atoms with E-state index in [0.29, 0.717) is 11.8 Å². The zero-order chi connectivity index (χ0) is 11.3. The van der Waals surface area contributed by atoms with E-state index in [1.807, 2.05) is 4.90 Å². The Kier molecular flexibility index (Phi) is 5.09. The minimum Gasteiger partial charge on any atom is -0.340 e. The summed E-state index contributed by atoms with van der Waals surface area (Å²) in [4.78, 5) is 14.0. The monoisotopic (exact) mass is 212 g/mol. The SMILES string of the molecule is CCCC(C)CN1CCNC(CC)C1=O. The Morgan fingerprint density at radius 1 is 1.53 bits per heavy atom. The molecule has 0 aromatic rings. The summed E-state index contributed by atoms with van der Waals surface area (Å²) in [6, 6.07) is 0.0626. The van der Waals surface area contributed by atoms with Gasteiger partial charge in [-0.25, -0.2) is 0 Å². The number of carbonyl (C=O) groups excluding carboxylic acids is 1. The predicted octanol–water partition coefficient (Wildman–Crippen LogP) is 1.63. The lowest BCUT2D eigenvalue weighted by molar-refractivity contribution is -0.136. The van der Waals surface area contributed by atoms with Crippen LogP contribution in [0, 0.1) is 5.92 Å². The van der Waals surface area contributed by atoms with E-state index in [9.17, 15) is 4.79 Å². The lowest BCUT2D eigenvalue weighted by Gasteiger charge is -2.34. The first-order chi connectivity index (χ1) is 7.19. The third-order valence-electron chi connectivity index (χ3n) is 3.10. The molecule has 2 unspecified atom stereocenters. The van der Waals surface area contributed by atoms with Crippen LogP contribution >= 0.6 is 0 Å². The molecule has 1 heterocycles. The van der Waals surface area contributed by atoms with Gasteiger partial charge in [0.2, 0.25) is 5.91 Å². The van der Waals surface area contributed by atoms with Crippen molar-refractivity contribution in [3.05, 3.63) is 0 Å². The Labute approximate surface area is 93.2 Å². The van der Waals surface area contributed by atoms with Crippen molar-refractivity contribution >= 4 is 5.91 Å². The molecule has 1 N–H and O–H groups in total. The zero-order valence-electron chi connectivity index (χ0n) is 10.3. The summed E-state index contributed by atoms with van der Waals surface area (Å²) in [5.74, 6) is 0.932. The number of hydrogen-bond acceptors (Lipinski definition) is 2. The maximum absolute atomic E-state index is 12.0. The van der Waals surface area contributed by atoms with Crippen LogP contribution in [-0.2, 0) is 4.79 Å². The zero-order valence-corrected chi connectivity index (χ0v) is 10.3. The van der Waals surface area contributed by atoms with Gasteiger partial charge in [0.05, 0.1) is 6.04 Å². The van der Waals surface area contributed by atoms with Gasteiger partial charge in [-0.1, -0.05) is 27.2 Å². The van der Waals surface area contributed by atoms with Crippen LogP contribution in [-0.4, -0.2) is 36.5 Å². The summed E-state index contributed by atoms with van der Waals surface area (Å²) in [6.45, 7) is 9.26. The van der Waals surface area contributed by atoms with E-state index in [1.54, 1.807) is 0 Å². The molecule has 1 aliphatic heterocycles. The number of hydrogen-bond donors (Lipinski definition) is 1. The van der Waals surface area contributed by atoms with Crippen LogP contribution in [0.2, 0.25) is 0 Å². The van der Waals surface area contributed by atoms with Gasteiger partial charge >= 0.3 is 0 Å². The largest absolute Gasteiger partial charge is 0.340 e. The highest BCUT2D eigenvalue weighted by Crippen LogP contribution is 2.11. The van der Waals surface area contributed by atoms with Crippen LogP contribution in [0.3, 0.4) is 0 Å². The third-order valence-corrected chi connectivity index (χ3v) is 3.10. The quantitative estimate of drug-likeness (QED) is 0.751. The molecule has 15 heavy (non-hydrogen) atoms. The molecule has 0 radical (unpaired) electrons. The number of nitrogens with zero attached hydrogens (tertiary/aromatic N) is 1. The molecule has 2 atom stereocenters. The molecule has 0 bridgehead atoms. The van der Waals surface area contributed by atoms with E-state index >= 15 is 0 Å². The van der Waals surface area contributed by atoms with Gasteiger partial charge in [0, 0.05) is 19.6 Å². The average Bonchev–Trinajstić information content (AvgIpc) is 2.21. The Hall–Kier alpha value is -0.570. The maximum Gasteiger partial charge on any atom is 0.239 e. The summed E-state index contributed by atoms with van der Waals surface area (Å²) < 4.78 is 0. The first kappa shape index (κ1) is 12.5. The minimum atomic E-state index is 0.0626. The number of carbonyl (C=O) groups is 1. The molecular weight excluding hydrogens is 188 g/mol. The Morgan fingerprint density at radius 2 is 2.27 bits per heavy atom. The topological polar surface area (TPSA) is 32.3 Å². The van der Waals surface area contributed by atoms with Crippen molar-refractivity contribution in [2.75, 3.05) is 19.6 Å². The smallest absolute Gasteiger partial charge is 0.239 e. The lowest BCUT2D eigenvalue weighted by Crippen LogP contribution is -2.55. The van der Waals surface area contributed by atoms with Gasteiger partial charge in [-0.15, -0.1) is 0 Å². The van der Waals surface area contributed by atoms with Crippen LogP contribution in [0.15, 0.2) is 0 Å². The second-order valence-electron chi connectivity index (χ2n) is 4.59. The van der Waals surface area contributed by atoms with Crippen molar-refractivity contribution in [1.82, 2.24) is 10.2 Å². The fraction of sp³-hybridized carbons (Fsp3) is 0.917. The third kappa shape index (κ3) is 3.49. The molecular formula is C12H24N2O. The van der Waals surface area contributed by atoms with Crippen molar-refractivity contribution in [2.24, 2.45) is 5.92 Å². The lowest BCUT2D eigenvalue weighted by atomic mass is 10.0. The second kappa shape index (κ2) is 6.11. The highest BCUT2D eigenvalue weighted by molar-refractivity contribution is 5.82. The van der Waals surface area contributed by atoms with Crippen LogP contribution in [0.1, 0.15) is 40.0 Å². The fourth-order valence-corrected chi connectivity index (χ4v) is 2.25. The van der Waals surface area contributed by atoms with Gasteiger partial charge in [-0.05, 0) is 18.8 Å². The number of amides is 1. The van der Waals surface area contributed by atoms with Gasteiger partial charge in [0.15, 0.2) is 0 Å². The molecule has 1 saturated heterocycles. The first-order valence-corrected chi connectivity index (χ1v) is 6.21. The van der Waals surface area contributed by atoms with E-state index in [2.05, 4.69) is 26.1 Å². The van der Waals surface area contributed by atoms with E-state index in [4.69, 9.17) is 0 Å². The van der Waals surface area contributed by atoms with Crippen molar-refractivity contribution in [1.29, 1.82) is 0 Å². The van der Waals surface area contributed by atoms with Gasteiger partial charge in [-0.3, -0.25) is 4.79 Å². The highest BCUT2D eigenvalue weighted by atomic mass is 16.2. The fourth-order valence-electron chi connectivity index (χ4n) is 2.25. The highest BCUT2D eigenvalue weighted by Gasteiger charge is 2.27. The summed E-state index contributed by atoms with van der Waals surface area (Å²) in [7, 11) is 0.